The van der Waals surface area contributed by atoms with Crippen LogP contribution in [0.3, 0.4) is 0 Å². The van der Waals surface area contributed by atoms with Crippen LogP contribution < -0.4 is 21.3 Å². The van der Waals surface area contributed by atoms with Gasteiger partial charge >= 0.3 is 0 Å². The lowest BCUT2D eigenvalue weighted by Crippen LogP contribution is -2.21. The van der Waals surface area contributed by atoms with Gasteiger partial charge in [0.2, 0.25) is 0 Å². The minimum Gasteiger partial charge on any atom is -0.497 e. The maximum absolute atomic E-state index is 5.36. The van der Waals surface area contributed by atoms with Crippen molar-refractivity contribution in [3.63, 3.8) is 0 Å². The smallest absolute Gasteiger partial charge is 0.151 e. The maximum Gasteiger partial charge on any atom is 0.151 e. The van der Waals surface area contributed by atoms with Crippen molar-refractivity contribution >= 4 is 17.2 Å². The van der Waals surface area contributed by atoms with Crippen LogP contribution in [-0.4, -0.2) is 25.2 Å². The molecule has 0 amide bonds. The van der Waals surface area contributed by atoms with Gasteiger partial charge in [0.05, 0.1) is 12.8 Å². The van der Waals surface area contributed by atoms with Crippen molar-refractivity contribution in [2.45, 2.75) is 27.2 Å². The fourth-order valence-electron chi connectivity index (χ4n) is 2.30. The highest BCUT2D eigenvalue weighted by Crippen LogP contribution is 2.16. The van der Waals surface area contributed by atoms with Crippen LogP contribution in [0.2, 0.25) is 0 Å². The van der Waals surface area contributed by atoms with E-state index in [1.807, 2.05) is 62.5 Å². The highest BCUT2D eigenvalue weighted by molar-refractivity contribution is 6.45. The Bertz CT molecular complexity index is 771. The lowest BCUT2D eigenvalue weighted by molar-refractivity contribution is 0.415. The molecule has 1 aromatic rings. The van der Waals surface area contributed by atoms with E-state index in [0.717, 1.165) is 34.7 Å². The maximum atomic E-state index is 5.36. The molecule has 0 atom stereocenters. The number of nitrogens with zero attached hydrogens (tertiary/aromatic N) is 2. The van der Waals surface area contributed by atoms with Crippen molar-refractivity contribution in [2.75, 3.05) is 19.0 Å². The number of aliphatic imine (C=N–C) groups is 2. The number of hydrogen-bond acceptors (Lipinski definition) is 5. The SMILES string of the molecule is C=CC(=C\CNN)/C(=C/N=C(C)C(=N/C=C\C)Nc1ccc(OC)cc1)CC. The molecule has 0 spiro atoms. The average Bonchev–Trinajstić information content (AvgIpc) is 2.73. The number of rotatable bonds is 10. The first-order chi connectivity index (χ1) is 13.6. The van der Waals surface area contributed by atoms with Gasteiger partial charge in [-0.2, -0.15) is 0 Å². The monoisotopic (exact) mass is 381 g/mol. The molecular weight excluding hydrogens is 350 g/mol. The number of anilines is 1. The van der Waals surface area contributed by atoms with E-state index in [2.05, 4.69) is 34.2 Å². The summed E-state index contributed by atoms with van der Waals surface area (Å²) in [6.07, 6.45) is 10.1. The highest BCUT2D eigenvalue weighted by atomic mass is 16.5. The summed E-state index contributed by atoms with van der Waals surface area (Å²) in [5.74, 6) is 6.83. The van der Waals surface area contributed by atoms with Crippen LogP contribution in [0.5, 0.6) is 5.75 Å². The van der Waals surface area contributed by atoms with E-state index in [1.54, 1.807) is 13.3 Å². The average molecular weight is 382 g/mol. The molecule has 0 bridgehead atoms. The number of methoxy groups -OCH3 is 1. The number of ether oxygens (including phenoxy) is 1. The van der Waals surface area contributed by atoms with Crippen LogP contribution in [0.1, 0.15) is 27.2 Å². The van der Waals surface area contributed by atoms with Crippen molar-refractivity contribution in [1.82, 2.24) is 5.43 Å². The largest absolute Gasteiger partial charge is 0.497 e. The molecule has 0 heterocycles. The van der Waals surface area contributed by atoms with Crippen LogP contribution in [-0.2, 0) is 0 Å². The molecule has 6 nitrogen and oxygen atoms in total. The molecule has 1 aromatic carbocycles. The first-order valence-electron chi connectivity index (χ1n) is 9.19. The normalized spacial score (nSPS) is 13.8. The standard InChI is InChI=1S/C22H31N5O/c1-6-14-24-22(27-20-9-11-21(28-5)12-10-20)17(4)25-16-19(8-3)18(7-2)13-15-26-23/h6-7,9-14,16,26H,2,8,15,23H2,1,3-5H3,(H,24,27)/b14-6-,18-13+,19-16+,25-17?. The zero-order valence-corrected chi connectivity index (χ0v) is 17.2. The number of amidine groups is 1. The molecule has 6 heteroatoms. The summed E-state index contributed by atoms with van der Waals surface area (Å²) in [7, 11) is 1.64. The molecule has 0 aromatic heterocycles. The van der Waals surface area contributed by atoms with Crippen molar-refractivity contribution in [1.29, 1.82) is 0 Å². The Morgan fingerprint density at radius 1 is 1.25 bits per heavy atom. The van der Waals surface area contributed by atoms with Crippen LogP contribution in [0.15, 0.2) is 82.6 Å². The van der Waals surface area contributed by atoms with Gasteiger partial charge < -0.3 is 10.1 Å². The summed E-state index contributed by atoms with van der Waals surface area (Å²) < 4.78 is 5.20. The van der Waals surface area contributed by atoms with E-state index in [0.29, 0.717) is 12.4 Å². The number of benzene rings is 1. The summed E-state index contributed by atoms with van der Waals surface area (Å²) in [5, 5.41) is 3.31. The molecule has 0 radical (unpaired) electrons. The Morgan fingerprint density at radius 3 is 2.50 bits per heavy atom. The second-order valence-electron chi connectivity index (χ2n) is 5.81. The van der Waals surface area contributed by atoms with Gasteiger partial charge in [0, 0.05) is 24.6 Å². The number of hydrazine groups is 1. The Morgan fingerprint density at radius 2 is 1.96 bits per heavy atom. The molecule has 28 heavy (non-hydrogen) atoms. The topological polar surface area (TPSA) is 84.0 Å². The molecule has 0 saturated carbocycles. The molecule has 1 rings (SSSR count). The summed E-state index contributed by atoms with van der Waals surface area (Å²) in [6.45, 7) is 10.4. The predicted octanol–water partition coefficient (Wildman–Crippen LogP) is 4.37. The molecular formula is C22H31N5O. The van der Waals surface area contributed by atoms with Crippen LogP contribution >= 0.6 is 0 Å². The van der Waals surface area contributed by atoms with Gasteiger partial charge in [0.1, 0.15) is 5.75 Å². The van der Waals surface area contributed by atoms with Gasteiger partial charge in [-0.05, 0) is 55.7 Å². The first-order valence-corrected chi connectivity index (χ1v) is 9.19. The summed E-state index contributed by atoms with van der Waals surface area (Å²) >= 11 is 0. The molecule has 0 aliphatic carbocycles. The zero-order chi connectivity index (χ0) is 20.8. The van der Waals surface area contributed by atoms with Crippen molar-refractivity contribution in [3.05, 3.63) is 72.6 Å². The molecule has 4 N–H and O–H groups in total. The van der Waals surface area contributed by atoms with E-state index in [4.69, 9.17) is 10.6 Å². The van der Waals surface area contributed by atoms with E-state index in [9.17, 15) is 0 Å². The number of hydrogen-bond donors (Lipinski definition) is 3. The quantitative estimate of drug-likeness (QED) is 0.185. The van der Waals surface area contributed by atoms with E-state index in [1.165, 1.54) is 0 Å². The third kappa shape index (κ3) is 7.73. The molecule has 150 valence electrons. The second kappa shape index (κ2) is 13.2. The van der Waals surface area contributed by atoms with Crippen molar-refractivity contribution in [3.8, 4) is 5.75 Å². The van der Waals surface area contributed by atoms with Gasteiger partial charge in [-0.3, -0.25) is 16.3 Å². The molecule has 0 fully saturated rings. The molecule has 0 unspecified atom stereocenters. The molecule has 0 aliphatic rings. The minimum atomic E-state index is 0.564. The van der Waals surface area contributed by atoms with E-state index >= 15 is 0 Å². The minimum absolute atomic E-state index is 0.564. The predicted molar refractivity (Wildman–Crippen MR) is 121 cm³/mol. The van der Waals surface area contributed by atoms with Crippen LogP contribution in [0, 0.1) is 0 Å². The Kier molecular flexibility index (Phi) is 10.9. The lowest BCUT2D eigenvalue weighted by atomic mass is 10.0. The molecule has 0 aliphatic heterocycles. The summed E-state index contributed by atoms with van der Waals surface area (Å²) in [4.78, 5) is 9.09. The number of nitrogens with one attached hydrogen (secondary N) is 2. The zero-order valence-electron chi connectivity index (χ0n) is 17.2. The molecule has 0 saturated heterocycles. The Balaban J connectivity index is 3.13. The highest BCUT2D eigenvalue weighted by Gasteiger charge is 2.05. The summed E-state index contributed by atoms with van der Waals surface area (Å²) in [5.41, 5.74) is 6.36. The summed E-state index contributed by atoms with van der Waals surface area (Å²) in [6, 6.07) is 7.65. The van der Waals surface area contributed by atoms with Crippen molar-refractivity contribution < 1.29 is 4.74 Å². The second-order valence-corrected chi connectivity index (χ2v) is 5.81. The fraction of sp³-hybridized carbons (Fsp3) is 0.273. The Hall–Kier alpha value is -2.96. The third-order valence-electron chi connectivity index (χ3n) is 3.87. The van der Waals surface area contributed by atoms with Crippen molar-refractivity contribution in [2.24, 2.45) is 15.8 Å². The van der Waals surface area contributed by atoms with Gasteiger partial charge in [-0.15, -0.1) is 0 Å². The van der Waals surface area contributed by atoms with Gasteiger partial charge in [0.25, 0.3) is 0 Å². The van der Waals surface area contributed by atoms with Gasteiger partial charge in [0.15, 0.2) is 5.84 Å². The fourth-order valence-corrected chi connectivity index (χ4v) is 2.30. The van der Waals surface area contributed by atoms with E-state index < -0.39 is 0 Å². The van der Waals surface area contributed by atoms with Gasteiger partial charge in [-0.25, -0.2) is 4.99 Å². The van der Waals surface area contributed by atoms with Crippen LogP contribution in [0.25, 0.3) is 0 Å². The Labute approximate surface area is 168 Å². The third-order valence-corrected chi connectivity index (χ3v) is 3.87. The lowest BCUT2D eigenvalue weighted by Gasteiger charge is -2.10. The van der Waals surface area contributed by atoms with Crippen LogP contribution in [0.4, 0.5) is 5.69 Å². The number of nitrogens with two attached hydrogens (primary N) is 1. The first kappa shape index (κ1) is 23.1. The van der Waals surface area contributed by atoms with E-state index in [-0.39, 0.29) is 0 Å². The van der Waals surface area contributed by atoms with Gasteiger partial charge in [-0.1, -0.05) is 31.7 Å². The number of allylic oxidation sites excluding steroid dienone is 4.